The first-order chi connectivity index (χ1) is 12.4. The summed E-state index contributed by atoms with van der Waals surface area (Å²) >= 11 is 0. The van der Waals surface area contributed by atoms with E-state index in [0.717, 1.165) is 32.1 Å². The molecule has 0 heterocycles. The summed E-state index contributed by atoms with van der Waals surface area (Å²) in [7, 11) is 0. The lowest BCUT2D eigenvalue weighted by molar-refractivity contribution is -0.154. The molecule has 0 aromatic heterocycles. The molecule has 1 saturated carbocycles. The van der Waals surface area contributed by atoms with Crippen molar-refractivity contribution in [2.75, 3.05) is 6.61 Å². The molecule has 1 aromatic rings. The molecular formula is C18H23FN2O5. The lowest BCUT2D eigenvalue weighted by atomic mass is 9.96. The number of carbonyl (C=O) groups excluding carboxylic acids is 3. The smallest absolute Gasteiger partial charge is 0.347 e. The predicted molar refractivity (Wildman–Crippen MR) is 91.0 cm³/mol. The highest BCUT2D eigenvalue weighted by Gasteiger charge is 2.20. The first-order valence-electron chi connectivity index (χ1n) is 8.63. The summed E-state index contributed by atoms with van der Waals surface area (Å²) in [4.78, 5) is 35.2. The van der Waals surface area contributed by atoms with Crippen LogP contribution in [-0.4, -0.2) is 36.7 Å². The molecule has 2 N–H and O–H groups in total. The maximum atomic E-state index is 12.8. The van der Waals surface area contributed by atoms with Gasteiger partial charge in [0.25, 0.3) is 5.91 Å². The van der Waals surface area contributed by atoms with Crippen LogP contribution in [0.2, 0.25) is 0 Å². The third-order valence-corrected chi connectivity index (χ3v) is 4.00. The molecule has 142 valence electrons. The van der Waals surface area contributed by atoms with E-state index in [1.54, 1.807) is 0 Å². The molecule has 0 radical (unpaired) electrons. The van der Waals surface area contributed by atoms with Crippen LogP contribution in [0.1, 0.15) is 39.0 Å². The van der Waals surface area contributed by atoms with Crippen molar-refractivity contribution >= 4 is 17.9 Å². The zero-order chi connectivity index (χ0) is 18.9. The van der Waals surface area contributed by atoms with Crippen LogP contribution in [0.25, 0.3) is 0 Å². The summed E-state index contributed by atoms with van der Waals surface area (Å²) in [6, 6.07) is 4.64. The summed E-state index contributed by atoms with van der Waals surface area (Å²) in [5, 5.41) is 4.86. The van der Waals surface area contributed by atoms with Crippen LogP contribution in [-0.2, 0) is 14.3 Å². The van der Waals surface area contributed by atoms with Gasteiger partial charge < -0.3 is 14.8 Å². The number of nitrogens with one attached hydrogen (secondary N) is 2. The Balaban J connectivity index is 1.67. The van der Waals surface area contributed by atoms with Crippen molar-refractivity contribution in [3.05, 3.63) is 30.1 Å². The van der Waals surface area contributed by atoms with Crippen LogP contribution >= 0.6 is 0 Å². The maximum Gasteiger partial charge on any atom is 0.347 e. The molecule has 7 nitrogen and oxygen atoms in total. The Morgan fingerprint density at radius 3 is 2.46 bits per heavy atom. The number of hydrogen-bond donors (Lipinski definition) is 2. The van der Waals surface area contributed by atoms with Crippen molar-refractivity contribution in [3.63, 3.8) is 0 Å². The third-order valence-electron chi connectivity index (χ3n) is 4.00. The lowest BCUT2D eigenvalue weighted by Gasteiger charge is -2.22. The number of esters is 1. The number of hydrogen-bond acceptors (Lipinski definition) is 5. The summed E-state index contributed by atoms with van der Waals surface area (Å²) < 4.78 is 22.9. The third kappa shape index (κ3) is 6.70. The number of amides is 3. The molecule has 0 aliphatic heterocycles. The average Bonchev–Trinajstić information content (AvgIpc) is 2.62. The summed E-state index contributed by atoms with van der Waals surface area (Å²) in [5.74, 6) is -1.61. The fraction of sp³-hybridized carbons (Fsp3) is 0.500. The number of rotatable bonds is 6. The van der Waals surface area contributed by atoms with E-state index in [-0.39, 0.29) is 6.04 Å². The zero-order valence-electron chi connectivity index (χ0n) is 14.6. The van der Waals surface area contributed by atoms with E-state index in [1.165, 1.54) is 31.2 Å². The van der Waals surface area contributed by atoms with Gasteiger partial charge in [0.2, 0.25) is 0 Å². The fourth-order valence-corrected chi connectivity index (χ4v) is 2.65. The largest absolute Gasteiger partial charge is 0.479 e. The van der Waals surface area contributed by atoms with Gasteiger partial charge in [-0.25, -0.2) is 14.0 Å². The zero-order valence-corrected chi connectivity index (χ0v) is 14.6. The highest BCUT2D eigenvalue weighted by molar-refractivity contribution is 5.95. The second kappa shape index (κ2) is 9.74. The topological polar surface area (TPSA) is 93.7 Å². The molecule has 1 aromatic carbocycles. The Morgan fingerprint density at radius 2 is 1.81 bits per heavy atom. The van der Waals surface area contributed by atoms with E-state index in [0.29, 0.717) is 5.75 Å². The van der Waals surface area contributed by atoms with E-state index in [4.69, 9.17) is 9.47 Å². The number of ether oxygens (including phenoxy) is 2. The van der Waals surface area contributed by atoms with Crippen LogP contribution in [0.3, 0.4) is 0 Å². The Labute approximate surface area is 151 Å². The van der Waals surface area contributed by atoms with Gasteiger partial charge in [-0.3, -0.25) is 10.1 Å². The van der Waals surface area contributed by atoms with Gasteiger partial charge >= 0.3 is 12.0 Å². The van der Waals surface area contributed by atoms with Gasteiger partial charge in [-0.05, 0) is 44.0 Å². The highest BCUT2D eigenvalue weighted by Crippen LogP contribution is 2.17. The van der Waals surface area contributed by atoms with E-state index >= 15 is 0 Å². The molecule has 0 unspecified atom stereocenters. The van der Waals surface area contributed by atoms with Gasteiger partial charge in [0.15, 0.2) is 12.7 Å². The standard InChI is InChI=1S/C18H23FN2O5/c1-12(26-15-9-7-13(19)8-10-15)17(23)25-11-16(22)21-18(24)20-14-5-3-2-4-6-14/h7-10,12,14H,2-6,11H2,1H3,(H2,20,21,22,24)/t12-/m0/s1. The molecule has 8 heteroatoms. The molecule has 0 saturated heterocycles. The summed E-state index contributed by atoms with van der Waals surface area (Å²) in [6.07, 6.45) is 4.09. The molecule has 3 amide bonds. The first-order valence-corrected chi connectivity index (χ1v) is 8.63. The molecule has 2 rings (SSSR count). The first kappa shape index (κ1) is 19.7. The van der Waals surface area contributed by atoms with Crippen LogP contribution in [0, 0.1) is 5.82 Å². The molecule has 26 heavy (non-hydrogen) atoms. The molecule has 1 aliphatic rings. The molecule has 0 bridgehead atoms. The van der Waals surface area contributed by atoms with E-state index in [1.807, 2.05) is 0 Å². The second-order valence-corrected chi connectivity index (χ2v) is 6.18. The Hall–Kier alpha value is -2.64. The van der Waals surface area contributed by atoms with Crippen molar-refractivity contribution < 1.29 is 28.2 Å². The van der Waals surface area contributed by atoms with Gasteiger partial charge in [-0.2, -0.15) is 0 Å². The maximum absolute atomic E-state index is 12.8. The minimum atomic E-state index is -0.982. The van der Waals surface area contributed by atoms with Gasteiger partial charge in [-0.1, -0.05) is 19.3 Å². The molecule has 0 spiro atoms. The lowest BCUT2D eigenvalue weighted by Crippen LogP contribution is -2.46. The van der Waals surface area contributed by atoms with Gasteiger partial charge in [0, 0.05) is 6.04 Å². The molecule has 1 aliphatic carbocycles. The van der Waals surface area contributed by atoms with Crippen molar-refractivity contribution in [2.45, 2.75) is 51.2 Å². The minimum absolute atomic E-state index is 0.0724. The monoisotopic (exact) mass is 366 g/mol. The number of urea groups is 1. The van der Waals surface area contributed by atoms with Crippen LogP contribution < -0.4 is 15.4 Å². The number of imide groups is 1. The normalized spacial score (nSPS) is 15.6. The quantitative estimate of drug-likeness (QED) is 0.754. The predicted octanol–water partition coefficient (Wildman–Crippen LogP) is 2.29. The Morgan fingerprint density at radius 1 is 1.15 bits per heavy atom. The van der Waals surface area contributed by atoms with E-state index in [2.05, 4.69) is 10.6 Å². The number of carbonyl (C=O) groups is 3. The summed E-state index contributed by atoms with van der Waals surface area (Å²) in [6.45, 7) is 0.855. The SMILES string of the molecule is C[C@H](Oc1ccc(F)cc1)C(=O)OCC(=O)NC(=O)NC1CCCCC1. The fourth-order valence-electron chi connectivity index (χ4n) is 2.65. The Bertz CT molecular complexity index is 629. The van der Waals surface area contributed by atoms with Crippen molar-refractivity contribution in [1.82, 2.24) is 10.6 Å². The second-order valence-electron chi connectivity index (χ2n) is 6.18. The minimum Gasteiger partial charge on any atom is -0.479 e. The molecule has 1 fully saturated rings. The van der Waals surface area contributed by atoms with Crippen molar-refractivity contribution in [1.29, 1.82) is 0 Å². The van der Waals surface area contributed by atoms with E-state index < -0.39 is 36.4 Å². The van der Waals surface area contributed by atoms with Crippen LogP contribution in [0.4, 0.5) is 9.18 Å². The van der Waals surface area contributed by atoms with E-state index in [9.17, 15) is 18.8 Å². The Kier molecular flexibility index (Phi) is 7.37. The summed E-state index contributed by atoms with van der Waals surface area (Å²) in [5.41, 5.74) is 0. The van der Waals surface area contributed by atoms with Crippen molar-refractivity contribution in [2.24, 2.45) is 0 Å². The average molecular weight is 366 g/mol. The van der Waals surface area contributed by atoms with Crippen molar-refractivity contribution in [3.8, 4) is 5.75 Å². The molecule has 1 atom stereocenters. The number of benzene rings is 1. The van der Waals surface area contributed by atoms with Gasteiger partial charge in [-0.15, -0.1) is 0 Å². The van der Waals surface area contributed by atoms with Gasteiger partial charge in [0.05, 0.1) is 0 Å². The highest BCUT2D eigenvalue weighted by atomic mass is 19.1. The molecular weight excluding hydrogens is 343 g/mol. The van der Waals surface area contributed by atoms with Gasteiger partial charge in [0.1, 0.15) is 11.6 Å². The number of halogens is 1. The van der Waals surface area contributed by atoms with Crippen LogP contribution in [0.15, 0.2) is 24.3 Å². The van der Waals surface area contributed by atoms with Crippen LogP contribution in [0.5, 0.6) is 5.75 Å².